The molecule has 0 bridgehead atoms. The van der Waals surface area contributed by atoms with Gasteiger partial charge in [0.2, 0.25) is 6.19 Å². The molecule has 0 amide bonds. The first-order valence-corrected chi connectivity index (χ1v) is 5.45. The Morgan fingerprint density at radius 2 is 2.00 bits per heavy atom. The summed E-state index contributed by atoms with van der Waals surface area (Å²) < 4.78 is 0. The van der Waals surface area contributed by atoms with E-state index in [4.69, 9.17) is 5.26 Å². The fourth-order valence-electron chi connectivity index (χ4n) is 1.66. The van der Waals surface area contributed by atoms with Crippen LogP contribution in [0.15, 0.2) is 65.7 Å². The largest absolute Gasteiger partial charge is 0.205 e. The summed E-state index contributed by atoms with van der Waals surface area (Å²) in [6.07, 6.45) is 13.7. The zero-order chi connectivity index (χ0) is 11.9. The van der Waals surface area contributed by atoms with Crippen LogP contribution in [0.25, 0.3) is 6.08 Å². The molecule has 0 saturated heterocycles. The smallest absolute Gasteiger partial charge is 0.177 e. The third-order valence-corrected chi connectivity index (χ3v) is 2.51. The van der Waals surface area contributed by atoms with Crippen molar-refractivity contribution in [3.05, 3.63) is 66.3 Å². The van der Waals surface area contributed by atoms with E-state index in [1.165, 1.54) is 0 Å². The molecular weight excluding hydrogens is 208 g/mol. The van der Waals surface area contributed by atoms with Crippen LogP contribution >= 0.6 is 0 Å². The first kappa shape index (κ1) is 11.1. The van der Waals surface area contributed by atoms with Gasteiger partial charge in [-0.1, -0.05) is 60.7 Å². The summed E-state index contributed by atoms with van der Waals surface area (Å²) in [5, 5.41) is 8.60. The minimum Gasteiger partial charge on any atom is -0.177 e. The highest BCUT2D eigenvalue weighted by atomic mass is 14.7. The molecule has 0 saturated carbocycles. The minimum absolute atomic E-state index is 0.0832. The van der Waals surface area contributed by atoms with Crippen molar-refractivity contribution >= 4 is 11.8 Å². The van der Waals surface area contributed by atoms with E-state index in [1.54, 1.807) is 0 Å². The molecule has 2 heteroatoms. The van der Waals surface area contributed by atoms with E-state index >= 15 is 0 Å². The number of aliphatic imine (C=N–C) groups is 1. The van der Waals surface area contributed by atoms with E-state index in [9.17, 15) is 0 Å². The Kier molecular flexibility index (Phi) is 3.67. The van der Waals surface area contributed by atoms with Gasteiger partial charge < -0.3 is 0 Å². The zero-order valence-corrected chi connectivity index (χ0v) is 9.32. The average molecular weight is 220 g/mol. The molecule has 1 aliphatic carbocycles. The van der Waals surface area contributed by atoms with Gasteiger partial charge in [0.15, 0.2) is 0 Å². The van der Waals surface area contributed by atoms with Crippen molar-refractivity contribution in [2.45, 2.75) is 0 Å². The average Bonchev–Trinajstić information content (AvgIpc) is 2.39. The van der Waals surface area contributed by atoms with Crippen molar-refractivity contribution in [1.82, 2.24) is 0 Å². The third kappa shape index (κ3) is 3.02. The number of nitrogens with zero attached hydrogens (tertiary/aromatic N) is 2. The van der Waals surface area contributed by atoms with Crippen molar-refractivity contribution in [3.63, 3.8) is 0 Å². The third-order valence-electron chi connectivity index (χ3n) is 2.51. The maximum atomic E-state index is 8.60. The predicted molar refractivity (Wildman–Crippen MR) is 70.3 cm³/mol. The van der Waals surface area contributed by atoms with E-state index in [1.807, 2.05) is 73.0 Å². The molecule has 0 radical (unpaired) electrons. The van der Waals surface area contributed by atoms with Gasteiger partial charge in [0.1, 0.15) is 0 Å². The standard InChI is InChI=1S/C15H12N2/c16-12-17-15-9-5-4-8-14(15)11-10-13-6-2-1-3-7-13/h1-11,14H. The second-order valence-corrected chi connectivity index (χ2v) is 3.68. The lowest BCUT2D eigenvalue weighted by molar-refractivity contribution is 1.13. The van der Waals surface area contributed by atoms with E-state index in [0.717, 1.165) is 11.3 Å². The molecule has 1 atom stereocenters. The highest BCUT2D eigenvalue weighted by molar-refractivity contribution is 6.01. The van der Waals surface area contributed by atoms with Gasteiger partial charge in [-0.05, 0) is 11.6 Å². The highest BCUT2D eigenvalue weighted by Crippen LogP contribution is 2.13. The predicted octanol–water partition coefficient (Wildman–Crippen LogP) is 3.36. The number of hydrogen-bond acceptors (Lipinski definition) is 2. The fraction of sp³-hybridized carbons (Fsp3) is 0.0667. The summed E-state index contributed by atoms with van der Waals surface area (Å²) >= 11 is 0. The van der Waals surface area contributed by atoms with E-state index in [0.29, 0.717) is 0 Å². The highest BCUT2D eigenvalue weighted by Gasteiger charge is 2.08. The lowest BCUT2D eigenvalue weighted by Crippen LogP contribution is -2.08. The van der Waals surface area contributed by atoms with Crippen LogP contribution in [0.4, 0.5) is 0 Å². The number of allylic oxidation sites excluding steroid dienone is 5. The molecule has 2 nitrogen and oxygen atoms in total. The Balaban J connectivity index is 2.16. The molecule has 0 heterocycles. The van der Waals surface area contributed by atoms with Crippen molar-refractivity contribution in [1.29, 1.82) is 5.26 Å². The molecule has 17 heavy (non-hydrogen) atoms. The van der Waals surface area contributed by atoms with Crippen molar-refractivity contribution in [2.75, 3.05) is 0 Å². The van der Waals surface area contributed by atoms with Crippen LogP contribution in [0.5, 0.6) is 0 Å². The molecule has 0 N–H and O–H groups in total. The second-order valence-electron chi connectivity index (χ2n) is 3.68. The van der Waals surface area contributed by atoms with E-state index < -0.39 is 0 Å². The van der Waals surface area contributed by atoms with Crippen LogP contribution in [0, 0.1) is 17.4 Å². The summed E-state index contributed by atoms with van der Waals surface area (Å²) in [6, 6.07) is 10.1. The number of benzene rings is 1. The van der Waals surface area contributed by atoms with Gasteiger partial charge in [0.25, 0.3) is 0 Å². The minimum atomic E-state index is 0.0832. The van der Waals surface area contributed by atoms with Gasteiger partial charge >= 0.3 is 0 Å². The summed E-state index contributed by atoms with van der Waals surface area (Å²) in [7, 11) is 0. The number of nitriles is 1. The molecule has 0 aliphatic heterocycles. The molecule has 0 aromatic heterocycles. The van der Waals surface area contributed by atoms with Crippen LogP contribution in [0.2, 0.25) is 0 Å². The van der Waals surface area contributed by atoms with Crippen LogP contribution in [-0.2, 0) is 0 Å². The SMILES string of the molecule is N#CN=C1C=CC=CC1C=Cc1ccccc1. The van der Waals surface area contributed by atoms with Gasteiger partial charge in [0, 0.05) is 5.92 Å². The van der Waals surface area contributed by atoms with Crippen LogP contribution < -0.4 is 0 Å². The topological polar surface area (TPSA) is 36.1 Å². The van der Waals surface area contributed by atoms with Crippen molar-refractivity contribution < 1.29 is 0 Å². The molecule has 1 aromatic carbocycles. The number of rotatable bonds is 2. The summed E-state index contributed by atoms with van der Waals surface area (Å²) in [6.45, 7) is 0. The maximum absolute atomic E-state index is 8.60. The van der Waals surface area contributed by atoms with E-state index in [2.05, 4.69) is 4.99 Å². The van der Waals surface area contributed by atoms with Crippen LogP contribution in [0.1, 0.15) is 5.56 Å². The van der Waals surface area contributed by atoms with Crippen LogP contribution in [-0.4, -0.2) is 5.71 Å². The first-order valence-electron chi connectivity index (χ1n) is 5.45. The number of hydrogen-bond donors (Lipinski definition) is 0. The van der Waals surface area contributed by atoms with Gasteiger partial charge in [-0.25, -0.2) is 0 Å². The molecular formula is C15H12N2. The summed E-state index contributed by atoms with van der Waals surface area (Å²) in [4.78, 5) is 3.81. The van der Waals surface area contributed by atoms with Gasteiger partial charge in [0.05, 0.1) is 5.71 Å². The molecule has 2 rings (SSSR count). The van der Waals surface area contributed by atoms with Crippen LogP contribution in [0.3, 0.4) is 0 Å². The normalized spacial score (nSPS) is 20.9. The second kappa shape index (κ2) is 5.62. The maximum Gasteiger partial charge on any atom is 0.205 e. The van der Waals surface area contributed by atoms with Gasteiger partial charge in [-0.2, -0.15) is 10.3 Å². The molecule has 1 aliphatic rings. The molecule has 0 spiro atoms. The molecule has 0 fully saturated rings. The summed E-state index contributed by atoms with van der Waals surface area (Å²) in [5.74, 6) is 0.0832. The first-order chi connectivity index (χ1) is 8.40. The van der Waals surface area contributed by atoms with Gasteiger partial charge in [-0.3, -0.25) is 0 Å². The van der Waals surface area contributed by atoms with Crippen molar-refractivity contribution in [2.24, 2.45) is 10.9 Å². The zero-order valence-electron chi connectivity index (χ0n) is 9.32. The quantitative estimate of drug-likeness (QED) is 0.704. The molecule has 82 valence electrons. The Morgan fingerprint density at radius 1 is 1.18 bits per heavy atom. The molecule has 1 unspecified atom stereocenters. The monoisotopic (exact) mass is 220 g/mol. The summed E-state index contributed by atoms with van der Waals surface area (Å²) in [5.41, 5.74) is 1.92. The lowest BCUT2D eigenvalue weighted by atomic mass is 9.97. The van der Waals surface area contributed by atoms with E-state index in [-0.39, 0.29) is 5.92 Å². The Morgan fingerprint density at radius 3 is 2.76 bits per heavy atom. The Bertz CT molecular complexity index is 528. The fourth-order valence-corrected chi connectivity index (χ4v) is 1.66. The van der Waals surface area contributed by atoms with Crippen molar-refractivity contribution in [3.8, 4) is 6.19 Å². The molecule has 1 aromatic rings. The van der Waals surface area contributed by atoms with Gasteiger partial charge in [-0.15, -0.1) is 0 Å². The lowest BCUT2D eigenvalue weighted by Gasteiger charge is -2.09. The Hall–Kier alpha value is -2.40. The Labute approximate surface area is 101 Å².